The van der Waals surface area contributed by atoms with Crippen LogP contribution in [0.4, 0.5) is 11.8 Å². The van der Waals surface area contributed by atoms with Crippen molar-refractivity contribution < 1.29 is 0 Å². The van der Waals surface area contributed by atoms with Gasteiger partial charge in [0, 0.05) is 44.5 Å². The van der Waals surface area contributed by atoms with Crippen LogP contribution in [-0.2, 0) is 6.54 Å². The molecule has 0 radical (unpaired) electrons. The molecule has 0 atom stereocenters. The van der Waals surface area contributed by atoms with Gasteiger partial charge in [-0.2, -0.15) is 4.98 Å². The maximum Gasteiger partial charge on any atom is 0.224 e. The zero-order valence-corrected chi connectivity index (χ0v) is 15.9. The van der Waals surface area contributed by atoms with E-state index in [1.165, 1.54) is 11.1 Å². The lowest BCUT2D eigenvalue weighted by Gasteiger charge is -2.33. The van der Waals surface area contributed by atoms with Gasteiger partial charge in [-0.05, 0) is 49.5 Å². The zero-order chi connectivity index (χ0) is 17.8. The molecule has 0 aliphatic carbocycles. The molecule has 1 aromatic heterocycles. The summed E-state index contributed by atoms with van der Waals surface area (Å²) < 4.78 is 0. The summed E-state index contributed by atoms with van der Waals surface area (Å²) in [6, 6.07) is 8.16. The number of nitrogens with one attached hydrogen (secondary N) is 1. The van der Waals surface area contributed by atoms with Crippen molar-refractivity contribution >= 4 is 23.4 Å². The molecule has 3 rings (SSSR count). The van der Waals surface area contributed by atoms with Crippen LogP contribution in [0.5, 0.6) is 0 Å². The van der Waals surface area contributed by atoms with Crippen LogP contribution in [0.25, 0.3) is 0 Å². The predicted molar refractivity (Wildman–Crippen MR) is 105 cm³/mol. The maximum atomic E-state index is 5.97. The van der Waals surface area contributed by atoms with Crippen molar-refractivity contribution in [3.63, 3.8) is 0 Å². The van der Waals surface area contributed by atoms with Crippen molar-refractivity contribution in [2.24, 2.45) is 0 Å². The number of aromatic nitrogens is 2. The van der Waals surface area contributed by atoms with Crippen LogP contribution in [0, 0.1) is 0 Å². The van der Waals surface area contributed by atoms with E-state index < -0.39 is 0 Å². The van der Waals surface area contributed by atoms with Gasteiger partial charge in [0.25, 0.3) is 0 Å². The molecule has 1 aliphatic heterocycles. The van der Waals surface area contributed by atoms with E-state index in [1.807, 2.05) is 39.5 Å². The Morgan fingerprint density at radius 3 is 2.48 bits per heavy atom. The van der Waals surface area contributed by atoms with Gasteiger partial charge in [0.15, 0.2) is 0 Å². The summed E-state index contributed by atoms with van der Waals surface area (Å²) in [6.07, 6.45) is 4.26. The third-order valence-electron chi connectivity index (χ3n) is 4.79. The molecule has 1 N–H and O–H groups in total. The topological polar surface area (TPSA) is 44.3 Å². The molecule has 1 aromatic carbocycles. The minimum Gasteiger partial charge on any atom is -0.362 e. The Labute approximate surface area is 155 Å². The number of halogens is 1. The standard InChI is InChI=1S/C19H26ClN5/c1-21-19-22-12-17(18(23-19)24(2)3)15-8-10-25(11-9-15)13-14-4-6-16(20)7-5-14/h4-7,12,15H,8-11,13H2,1-3H3,(H,21,22,23). The highest BCUT2D eigenvalue weighted by atomic mass is 35.5. The Hall–Kier alpha value is -1.85. The molecule has 6 heteroatoms. The van der Waals surface area contributed by atoms with E-state index in [2.05, 4.69) is 37.2 Å². The van der Waals surface area contributed by atoms with Crippen LogP contribution in [-0.4, -0.2) is 49.1 Å². The van der Waals surface area contributed by atoms with Crippen LogP contribution in [0.3, 0.4) is 0 Å². The van der Waals surface area contributed by atoms with Crippen molar-refractivity contribution in [2.45, 2.75) is 25.3 Å². The van der Waals surface area contributed by atoms with E-state index in [0.29, 0.717) is 11.9 Å². The highest BCUT2D eigenvalue weighted by Crippen LogP contribution is 2.33. The molecule has 5 nitrogen and oxygen atoms in total. The summed E-state index contributed by atoms with van der Waals surface area (Å²) >= 11 is 5.97. The molecule has 0 unspecified atom stereocenters. The smallest absolute Gasteiger partial charge is 0.224 e. The van der Waals surface area contributed by atoms with Gasteiger partial charge in [-0.1, -0.05) is 23.7 Å². The van der Waals surface area contributed by atoms with E-state index >= 15 is 0 Å². The molecule has 0 bridgehead atoms. The Morgan fingerprint density at radius 1 is 1.20 bits per heavy atom. The van der Waals surface area contributed by atoms with Gasteiger partial charge in [-0.15, -0.1) is 0 Å². The molecule has 2 heterocycles. The third-order valence-corrected chi connectivity index (χ3v) is 5.04. The fourth-order valence-corrected chi connectivity index (χ4v) is 3.52. The molecule has 1 saturated heterocycles. The van der Waals surface area contributed by atoms with Crippen LogP contribution in [0.2, 0.25) is 5.02 Å². The van der Waals surface area contributed by atoms with Gasteiger partial charge in [-0.3, -0.25) is 4.90 Å². The lowest BCUT2D eigenvalue weighted by Crippen LogP contribution is -2.33. The Balaban J connectivity index is 1.65. The highest BCUT2D eigenvalue weighted by molar-refractivity contribution is 6.30. The van der Waals surface area contributed by atoms with Crippen molar-refractivity contribution in [3.05, 3.63) is 46.6 Å². The number of rotatable bonds is 5. The van der Waals surface area contributed by atoms with Gasteiger partial charge >= 0.3 is 0 Å². The average molecular weight is 360 g/mol. The minimum atomic E-state index is 0.518. The first-order valence-corrected chi connectivity index (χ1v) is 9.13. The fourth-order valence-electron chi connectivity index (χ4n) is 3.40. The molecule has 134 valence electrons. The summed E-state index contributed by atoms with van der Waals surface area (Å²) in [6.45, 7) is 3.17. The second-order valence-corrected chi connectivity index (χ2v) is 7.23. The molecule has 0 spiro atoms. The monoisotopic (exact) mass is 359 g/mol. The predicted octanol–water partition coefficient (Wildman–Crippen LogP) is 3.62. The largest absolute Gasteiger partial charge is 0.362 e. The molecule has 1 fully saturated rings. The summed E-state index contributed by atoms with van der Waals surface area (Å²) in [4.78, 5) is 13.7. The van der Waals surface area contributed by atoms with Gasteiger partial charge in [0.05, 0.1) is 0 Å². The summed E-state index contributed by atoms with van der Waals surface area (Å²) in [7, 11) is 5.94. The number of anilines is 2. The van der Waals surface area contributed by atoms with Crippen LogP contribution < -0.4 is 10.2 Å². The SMILES string of the molecule is CNc1ncc(C2CCN(Cc3ccc(Cl)cc3)CC2)c(N(C)C)n1. The van der Waals surface area contributed by atoms with Crippen LogP contribution in [0.1, 0.15) is 29.9 Å². The third kappa shape index (κ3) is 4.41. The number of hydrogen-bond donors (Lipinski definition) is 1. The molecule has 2 aromatic rings. The van der Waals surface area contributed by atoms with Gasteiger partial charge < -0.3 is 10.2 Å². The quantitative estimate of drug-likeness (QED) is 0.883. The van der Waals surface area contributed by atoms with Crippen LogP contribution >= 0.6 is 11.6 Å². The maximum absolute atomic E-state index is 5.97. The van der Waals surface area contributed by atoms with Crippen molar-refractivity contribution in [1.82, 2.24) is 14.9 Å². The molecular weight excluding hydrogens is 334 g/mol. The molecule has 0 amide bonds. The van der Waals surface area contributed by atoms with Gasteiger partial charge in [0.1, 0.15) is 5.82 Å². The number of nitrogens with zero attached hydrogens (tertiary/aromatic N) is 4. The van der Waals surface area contributed by atoms with Gasteiger partial charge in [-0.25, -0.2) is 4.98 Å². The minimum absolute atomic E-state index is 0.518. The molecule has 25 heavy (non-hydrogen) atoms. The van der Waals surface area contributed by atoms with E-state index in [0.717, 1.165) is 43.3 Å². The first-order chi connectivity index (χ1) is 12.1. The first-order valence-electron chi connectivity index (χ1n) is 8.75. The molecule has 1 aliphatic rings. The number of hydrogen-bond acceptors (Lipinski definition) is 5. The Bertz CT molecular complexity index is 693. The summed E-state index contributed by atoms with van der Waals surface area (Å²) in [5.41, 5.74) is 2.58. The summed E-state index contributed by atoms with van der Waals surface area (Å²) in [5, 5.41) is 3.82. The first kappa shape index (κ1) is 18.0. The normalized spacial score (nSPS) is 16.0. The lowest BCUT2D eigenvalue weighted by molar-refractivity contribution is 0.204. The number of piperidine rings is 1. The van der Waals surface area contributed by atoms with Crippen molar-refractivity contribution in [2.75, 3.05) is 44.4 Å². The van der Waals surface area contributed by atoms with E-state index in [1.54, 1.807) is 0 Å². The average Bonchev–Trinajstić information content (AvgIpc) is 2.64. The van der Waals surface area contributed by atoms with Crippen molar-refractivity contribution in [3.8, 4) is 0 Å². The number of likely N-dealkylation sites (tertiary alicyclic amines) is 1. The second-order valence-electron chi connectivity index (χ2n) is 6.79. The van der Waals surface area contributed by atoms with E-state index in [4.69, 9.17) is 11.6 Å². The molecule has 0 saturated carbocycles. The summed E-state index contributed by atoms with van der Waals surface area (Å²) in [5.74, 6) is 2.22. The molecular formula is C19H26ClN5. The van der Waals surface area contributed by atoms with E-state index in [-0.39, 0.29) is 0 Å². The second kappa shape index (κ2) is 8.02. The van der Waals surface area contributed by atoms with E-state index in [9.17, 15) is 0 Å². The van der Waals surface area contributed by atoms with Crippen LogP contribution in [0.15, 0.2) is 30.5 Å². The Kier molecular flexibility index (Phi) is 5.76. The number of benzene rings is 1. The highest BCUT2D eigenvalue weighted by Gasteiger charge is 2.24. The lowest BCUT2D eigenvalue weighted by atomic mass is 9.90. The Morgan fingerprint density at radius 2 is 1.88 bits per heavy atom. The fraction of sp³-hybridized carbons (Fsp3) is 0.474. The van der Waals surface area contributed by atoms with Gasteiger partial charge in [0.2, 0.25) is 5.95 Å². The van der Waals surface area contributed by atoms with Crippen molar-refractivity contribution in [1.29, 1.82) is 0 Å². The zero-order valence-electron chi connectivity index (χ0n) is 15.2.